The summed E-state index contributed by atoms with van der Waals surface area (Å²) >= 11 is 2.89. The van der Waals surface area contributed by atoms with Gasteiger partial charge < -0.3 is 4.90 Å². The summed E-state index contributed by atoms with van der Waals surface area (Å²) in [4.78, 5) is 14.3. The molecule has 2 atom stereocenters. The second-order valence-electron chi connectivity index (χ2n) is 5.53. The Morgan fingerprint density at radius 1 is 1.24 bits per heavy atom. The summed E-state index contributed by atoms with van der Waals surface area (Å²) in [5.74, 6) is -0.326. The van der Waals surface area contributed by atoms with E-state index in [0.717, 1.165) is 25.3 Å². The molecule has 0 aliphatic carbocycles. The quantitative estimate of drug-likeness (QED) is 0.696. The lowest BCUT2D eigenvalue weighted by Crippen LogP contribution is -2.47. The first kappa shape index (κ1) is 16.3. The number of carbonyl (C=O) groups is 1. The van der Waals surface area contributed by atoms with Crippen molar-refractivity contribution in [2.45, 2.75) is 51.4 Å². The van der Waals surface area contributed by atoms with E-state index in [2.05, 4.69) is 15.9 Å². The van der Waals surface area contributed by atoms with Crippen molar-refractivity contribution in [2.24, 2.45) is 0 Å². The molecule has 2 rings (SSSR count). The number of hydrogen-bond acceptors (Lipinski definition) is 1. The summed E-state index contributed by atoms with van der Waals surface area (Å²) in [6.07, 6.45) is -1.66. The van der Waals surface area contributed by atoms with Gasteiger partial charge in [-0.05, 0) is 51.3 Å². The predicted octanol–water partition coefficient (Wildman–Crippen LogP) is 4.87. The van der Waals surface area contributed by atoms with Gasteiger partial charge in [0, 0.05) is 22.1 Å². The van der Waals surface area contributed by atoms with Gasteiger partial charge in [-0.2, -0.15) is 13.2 Å². The Balaban J connectivity index is 2.35. The van der Waals surface area contributed by atoms with Crippen LogP contribution in [0.2, 0.25) is 0 Å². The highest BCUT2D eigenvalue weighted by Crippen LogP contribution is 2.36. The fourth-order valence-electron chi connectivity index (χ4n) is 2.85. The standard InChI is InChI=1S/C15H17BrF3NO/c1-9-4-3-5-10(2)20(9)14(21)11-6-7-13(16)12(8-11)15(17,18)19/h6-10H,3-5H2,1-2H3. The topological polar surface area (TPSA) is 20.3 Å². The second kappa shape index (κ2) is 5.99. The summed E-state index contributed by atoms with van der Waals surface area (Å²) in [6.45, 7) is 3.88. The first-order valence-corrected chi connectivity index (χ1v) is 7.70. The molecule has 1 saturated heterocycles. The van der Waals surface area contributed by atoms with E-state index in [9.17, 15) is 18.0 Å². The van der Waals surface area contributed by atoms with Crippen LogP contribution in [0.4, 0.5) is 13.2 Å². The molecular formula is C15H17BrF3NO. The zero-order valence-corrected chi connectivity index (χ0v) is 13.5. The lowest BCUT2D eigenvalue weighted by atomic mass is 9.96. The fourth-order valence-corrected chi connectivity index (χ4v) is 3.32. The van der Waals surface area contributed by atoms with Crippen molar-refractivity contribution < 1.29 is 18.0 Å². The molecule has 0 saturated carbocycles. The Bertz CT molecular complexity index is 534. The molecule has 2 unspecified atom stereocenters. The van der Waals surface area contributed by atoms with E-state index in [1.54, 1.807) is 4.90 Å². The predicted molar refractivity (Wildman–Crippen MR) is 78.1 cm³/mol. The van der Waals surface area contributed by atoms with Crippen molar-refractivity contribution in [2.75, 3.05) is 0 Å². The normalized spacial score (nSPS) is 23.2. The third-order valence-corrected chi connectivity index (χ3v) is 4.64. The highest BCUT2D eigenvalue weighted by atomic mass is 79.9. The summed E-state index contributed by atoms with van der Waals surface area (Å²) in [7, 11) is 0. The molecule has 1 amide bonds. The fraction of sp³-hybridized carbons (Fsp3) is 0.533. The van der Waals surface area contributed by atoms with Crippen LogP contribution in [0.25, 0.3) is 0 Å². The van der Waals surface area contributed by atoms with Crippen LogP contribution in [0, 0.1) is 0 Å². The Labute approximate surface area is 130 Å². The largest absolute Gasteiger partial charge is 0.417 e. The van der Waals surface area contributed by atoms with E-state index in [-0.39, 0.29) is 28.0 Å². The van der Waals surface area contributed by atoms with E-state index < -0.39 is 11.7 Å². The minimum absolute atomic E-state index is 0.0497. The van der Waals surface area contributed by atoms with Gasteiger partial charge in [-0.15, -0.1) is 0 Å². The number of benzene rings is 1. The number of carbonyl (C=O) groups excluding carboxylic acids is 1. The molecular weight excluding hydrogens is 347 g/mol. The molecule has 1 aromatic carbocycles. The van der Waals surface area contributed by atoms with Gasteiger partial charge in [0.15, 0.2) is 0 Å². The number of likely N-dealkylation sites (tertiary alicyclic amines) is 1. The van der Waals surface area contributed by atoms with Crippen LogP contribution in [0.1, 0.15) is 49.0 Å². The average molecular weight is 364 g/mol. The van der Waals surface area contributed by atoms with Crippen LogP contribution in [-0.2, 0) is 6.18 Å². The zero-order chi connectivity index (χ0) is 15.8. The molecule has 2 nitrogen and oxygen atoms in total. The first-order chi connectivity index (χ1) is 9.71. The van der Waals surface area contributed by atoms with E-state index in [1.807, 2.05) is 13.8 Å². The van der Waals surface area contributed by atoms with Gasteiger partial charge in [-0.25, -0.2) is 0 Å². The van der Waals surface area contributed by atoms with Crippen molar-refractivity contribution in [3.05, 3.63) is 33.8 Å². The Morgan fingerprint density at radius 3 is 2.33 bits per heavy atom. The Morgan fingerprint density at radius 2 is 1.81 bits per heavy atom. The third kappa shape index (κ3) is 3.42. The minimum atomic E-state index is -4.48. The molecule has 1 aliphatic rings. The Kier molecular flexibility index (Phi) is 4.66. The van der Waals surface area contributed by atoms with Crippen molar-refractivity contribution in [3.8, 4) is 0 Å². The molecule has 1 aliphatic heterocycles. The zero-order valence-electron chi connectivity index (χ0n) is 11.9. The third-order valence-electron chi connectivity index (χ3n) is 3.95. The summed E-state index contributed by atoms with van der Waals surface area (Å²) in [5, 5.41) is 0. The van der Waals surface area contributed by atoms with Crippen molar-refractivity contribution in [1.29, 1.82) is 0 Å². The van der Waals surface area contributed by atoms with Crippen molar-refractivity contribution >= 4 is 21.8 Å². The van der Waals surface area contributed by atoms with Crippen LogP contribution in [-0.4, -0.2) is 22.9 Å². The lowest BCUT2D eigenvalue weighted by molar-refractivity contribution is -0.138. The van der Waals surface area contributed by atoms with E-state index in [0.29, 0.717) is 0 Å². The maximum absolute atomic E-state index is 12.9. The average Bonchev–Trinajstić information content (AvgIpc) is 2.37. The smallest absolute Gasteiger partial charge is 0.333 e. The Hall–Kier alpha value is -1.04. The molecule has 21 heavy (non-hydrogen) atoms. The van der Waals surface area contributed by atoms with Crippen LogP contribution in [0.15, 0.2) is 22.7 Å². The number of piperidine rings is 1. The molecule has 1 aromatic rings. The van der Waals surface area contributed by atoms with Gasteiger partial charge in [-0.1, -0.05) is 15.9 Å². The maximum Gasteiger partial charge on any atom is 0.417 e. The van der Waals surface area contributed by atoms with Gasteiger partial charge in [0.2, 0.25) is 0 Å². The SMILES string of the molecule is CC1CCCC(C)N1C(=O)c1ccc(Br)c(C(F)(F)F)c1. The monoisotopic (exact) mass is 363 g/mol. The molecule has 0 bridgehead atoms. The minimum Gasteiger partial charge on any atom is -0.333 e. The van der Waals surface area contributed by atoms with E-state index >= 15 is 0 Å². The molecule has 0 spiro atoms. The number of nitrogens with zero attached hydrogens (tertiary/aromatic N) is 1. The van der Waals surface area contributed by atoms with Crippen molar-refractivity contribution in [1.82, 2.24) is 4.90 Å². The number of halogens is 4. The van der Waals surface area contributed by atoms with Gasteiger partial charge in [0.05, 0.1) is 5.56 Å². The van der Waals surface area contributed by atoms with Crippen LogP contribution >= 0.6 is 15.9 Å². The van der Waals surface area contributed by atoms with Crippen LogP contribution in [0.3, 0.4) is 0 Å². The summed E-state index contributed by atoms with van der Waals surface area (Å²) < 4.78 is 38.7. The first-order valence-electron chi connectivity index (χ1n) is 6.91. The van der Waals surface area contributed by atoms with Gasteiger partial charge in [0.25, 0.3) is 5.91 Å². The highest BCUT2D eigenvalue weighted by Gasteiger charge is 2.35. The molecule has 6 heteroatoms. The van der Waals surface area contributed by atoms with Crippen LogP contribution in [0.5, 0.6) is 0 Å². The van der Waals surface area contributed by atoms with Gasteiger partial charge in [0.1, 0.15) is 0 Å². The maximum atomic E-state index is 12.9. The van der Waals surface area contributed by atoms with E-state index in [1.165, 1.54) is 12.1 Å². The highest BCUT2D eigenvalue weighted by molar-refractivity contribution is 9.10. The number of amides is 1. The molecule has 0 radical (unpaired) electrons. The second-order valence-corrected chi connectivity index (χ2v) is 6.39. The molecule has 1 fully saturated rings. The van der Waals surface area contributed by atoms with Gasteiger partial charge >= 0.3 is 6.18 Å². The molecule has 1 heterocycles. The van der Waals surface area contributed by atoms with Crippen molar-refractivity contribution in [3.63, 3.8) is 0 Å². The lowest BCUT2D eigenvalue weighted by Gasteiger charge is -2.39. The molecule has 0 aromatic heterocycles. The summed E-state index contributed by atoms with van der Waals surface area (Å²) in [6, 6.07) is 3.77. The van der Waals surface area contributed by atoms with Gasteiger partial charge in [-0.3, -0.25) is 4.79 Å². The number of rotatable bonds is 1. The molecule has 116 valence electrons. The summed E-state index contributed by atoms with van der Waals surface area (Å²) in [5.41, 5.74) is -0.725. The molecule has 0 N–H and O–H groups in total. The van der Waals surface area contributed by atoms with Crippen LogP contribution < -0.4 is 0 Å². The number of alkyl halides is 3. The number of hydrogen-bond donors (Lipinski definition) is 0. The van der Waals surface area contributed by atoms with E-state index in [4.69, 9.17) is 0 Å².